The fraction of sp³-hybridized carbons (Fsp3) is 0.333. The number of nitrogens with zero attached hydrogens (tertiary/aromatic N) is 2. The van der Waals surface area contributed by atoms with Gasteiger partial charge in [-0.3, -0.25) is 14.2 Å². The first kappa shape index (κ1) is 20.7. The average molecular weight is 413 g/mol. The number of hydrogen-bond acceptors (Lipinski definition) is 6. The maximum Gasteiger partial charge on any atom is 0.348 e. The third kappa shape index (κ3) is 4.37. The summed E-state index contributed by atoms with van der Waals surface area (Å²) in [5.74, 6) is -0.803. The number of fused-ring (bicyclic) bond motifs is 1. The van der Waals surface area contributed by atoms with E-state index in [1.165, 1.54) is 10.9 Å². The molecule has 1 amide bonds. The van der Waals surface area contributed by atoms with Crippen LogP contribution in [0.2, 0.25) is 0 Å². The van der Waals surface area contributed by atoms with Gasteiger partial charge in [0.2, 0.25) is 5.91 Å². The van der Waals surface area contributed by atoms with Gasteiger partial charge in [0.05, 0.1) is 17.8 Å². The van der Waals surface area contributed by atoms with E-state index in [-0.39, 0.29) is 24.1 Å². The summed E-state index contributed by atoms with van der Waals surface area (Å²) in [7, 11) is 0. The maximum atomic E-state index is 12.9. The van der Waals surface area contributed by atoms with Crippen molar-refractivity contribution in [3.8, 4) is 0 Å². The smallest absolute Gasteiger partial charge is 0.348 e. The molecule has 0 fully saturated rings. The molecule has 29 heavy (non-hydrogen) atoms. The zero-order valence-electron chi connectivity index (χ0n) is 17.0. The Labute approximate surface area is 172 Å². The third-order valence-electron chi connectivity index (χ3n) is 4.55. The van der Waals surface area contributed by atoms with E-state index in [0.29, 0.717) is 26.3 Å². The largest absolute Gasteiger partial charge is 0.459 e. The first-order valence-corrected chi connectivity index (χ1v) is 10.1. The van der Waals surface area contributed by atoms with Crippen LogP contribution in [0.1, 0.15) is 40.2 Å². The molecule has 0 saturated carbocycles. The number of ether oxygens (including phenoxy) is 1. The van der Waals surface area contributed by atoms with Crippen LogP contribution < -0.4 is 10.9 Å². The van der Waals surface area contributed by atoms with Gasteiger partial charge < -0.3 is 10.1 Å². The van der Waals surface area contributed by atoms with Crippen LogP contribution in [-0.2, 0) is 16.1 Å². The predicted octanol–water partition coefficient (Wildman–Crippen LogP) is 3.59. The molecule has 0 bridgehead atoms. The molecule has 2 aromatic heterocycles. The first-order chi connectivity index (χ1) is 13.7. The number of anilines is 1. The standard InChI is InChI=1S/C21H23N3O4S/c1-11(2)28-21(27)18-14(5)17-19(29-18)22-10-24(20(17)26)9-16(25)23-15-7-6-12(3)13(4)8-15/h6-8,10-11H,9H2,1-5H3,(H,23,25). The lowest BCUT2D eigenvalue weighted by Crippen LogP contribution is -2.28. The number of aromatic nitrogens is 2. The minimum atomic E-state index is -0.473. The highest BCUT2D eigenvalue weighted by atomic mass is 32.1. The normalized spacial score (nSPS) is 11.1. The molecule has 8 heteroatoms. The molecule has 3 rings (SSSR count). The van der Waals surface area contributed by atoms with E-state index in [0.717, 1.165) is 22.5 Å². The first-order valence-electron chi connectivity index (χ1n) is 9.24. The summed E-state index contributed by atoms with van der Waals surface area (Å²) >= 11 is 1.12. The lowest BCUT2D eigenvalue weighted by Gasteiger charge is -2.09. The maximum absolute atomic E-state index is 12.9. The average Bonchev–Trinajstić information content (AvgIpc) is 2.97. The highest BCUT2D eigenvalue weighted by molar-refractivity contribution is 7.20. The molecule has 0 aliphatic heterocycles. The Hall–Kier alpha value is -3.00. The monoisotopic (exact) mass is 413 g/mol. The summed E-state index contributed by atoms with van der Waals surface area (Å²) < 4.78 is 6.48. The Morgan fingerprint density at radius 1 is 1.21 bits per heavy atom. The summed E-state index contributed by atoms with van der Waals surface area (Å²) in [6, 6.07) is 5.63. The molecule has 0 unspecified atom stereocenters. The minimum Gasteiger partial charge on any atom is -0.459 e. The van der Waals surface area contributed by atoms with Gasteiger partial charge in [0.1, 0.15) is 16.3 Å². The SMILES string of the molecule is Cc1ccc(NC(=O)Cn2cnc3sc(C(=O)OC(C)C)c(C)c3c2=O)cc1C. The van der Waals surface area contributed by atoms with Crippen molar-refractivity contribution in [2.24, 2.45) is 0 Å². The van der Waals surface area contributed by atoms with Crippen LogP contribution in [-0.4, -0.2) is 27.5 Å². The zero-order valence-corrected chi connectivity index (χ0v) is 17.8. The molecule has 0 spiro atoms. The van der Waals surface area contributed by atoms with Crippen LogP contribution in [0.5, 0.6) is 0 Å². The van der Waals surface area contributed by atoms with Gasteiger partial charge in [-0.15, -0.1) is 11.3 Å². The quantitative estimate of drug-likeness (QED) is 0.646. The molecule has 7 nitrogen and oxygen atoms in total. The molecule has 0 aliphatic rings. The predicted molar refractivity (Wildman–Crippen MR) is 114 cm³/mol. The van der Waals surface area contributed by atoms with E-state index in [9.17, 15) is 14.4 Å². The van der Waals surface area contributed by atoms with Crippen LogP contribution in [0, 0.1) is 20.8 Å². The van der Waals surface area contributed by atoms with E-state index in [4.69, 9.17) is 4.74 Å². The number of carbonyl (C=O) groups excluding carboxylic acids is 2. The number of rotatable bonds is 5. The number of carbonyl (C=O) groups is 2. The molecule has 1 N–H and O–H groups in total. The van der Waals surface area contributed by atoms with Gasteiger partial charge in [-0.25, -0.2) is 9.78 Å². The van der Waals surface area contributed by atoms with Crippen molar-refractivity contribution in [1.29, 1.82) is 0 Å². The van der Waals surface area contributed by atoms with Gasteiger partial charge >= 0.3 is 5.97 Å². The Balaban J connectivity index is 1.86. The highest BCUT2D eigenvalue weighted by Crippen LogP contribution is 2.27. The molecule has 0 atom stereocenters. The second-order valence-corrected chi connectivity index (χ2v) is 8.21. The second kappa shape index (κ2) is 8.16. The topological polar surface area (TPSA) is 90.3 Å². The van der Waals surface area contributed by atoms with E-state index < -0.39 is 5.97 Å². The molecule has 3 aromatic rings. The number of hydrogen-bond donors (Lipinski definition) is 1. The lowest BCUT2D eigenvalue weighted by molar-refractivity contribution is -0.116. The summed E-state index contributed by atoms with van der Waals surface area (Å²) in [6.45, 7) is 9.01. The Morgan fingerprint density at radius 2 is 1.93 bits per heavy atom. The summed E-state index contributed by atoms with van der Waals surface area (Å²) in [6.07, 6.45) is 1.07. The Kier molecular flexibility index (Phi) is 5.83. The van der Waals surface area contributed by atoms with Gasteiger partial charge in [-0.2, -0.15) is 0 Å². The molecule has 152 valence electrons. The number of nitrogens with one attached hydrogen (secondary N) is 1. The zero-order chi connectivity index (χ0) is 21.3. The molecule has 2 heterocycles. The molecule has 0 saturated heterocycles. The highest BCUT2D eigenvalue weighted by Gasteiger charge is 2.21. The van der Waals surface area contributed by atoms with Gasteiger partial charge in [-0.1, -0.05) is 6.07 Å². The van der Waals surface area contributed by atoms with Crippen LogP contribution in [0.15, 0.2) is 29.3 Å². The van der Waals surface area contributed by atoms with Crippen LogP contribution in [0.3, 0.4) is 0 Å². The van der Waals surface area contributed by atoms with Gasteiger partial charge in [0, 0.05) is 5.69 Å². The number of amides is 1. The number of benzene rings is 1. The van der Waals surface area contributed by atoms with E-state index in [2.05, 4.69) is 10.3 Å². The van der Waals surface area contributed by atoms with Crippen molar-refractivity contribution in [3.05, 3.63) is 56.4 Å². The van der Waals surface area contributed by atoms with Crippen molar-refractivity contribution >= 4 is 39.1 Å². The van der Waals surface area contributed by atoms with Crippen LogP contribution in [0.25, 0.3) is 10.2 Å². The molecular weight excluding hydrogens is 390 g/mol. The van der Waals surface area contributed by atoms with Crippen molar-refractivity contribution in [1.82, 2.24) is 9.55 Å². The molecular formula is C21H23N3O4S. The summed E-state index contributed by atoms with van der Waals surface area (Å²) in [5, 5.41) is 3.14. The van der Waals surface area contributed by atoms with Crippen LogP contribution in [0.4, 0.5) is 5.69 Å². The van der Waals surface area contributed by atoms with Crippen molar-refractivity contribution in [2.45, 2.75) is 47.3 Å². The molecule has 0 radical (unpaired) electrons. The number of thiophene rings is 1. The van der Waals surface area contributed by atoms with Gasteiger partial charge in [0.25, 0.3) is 5.56 Å². The number of aryl methyl sites for hydroxylation is 3. The minimum absolute atomic E-state index is 0.171. The van der Waals surface area contributed by atoms with E-state index >= 15 is 0 Å². The third-order valence-corrected chi connectivity index (χ3v) is 5.73. The summed E-state index contributed by atoms with van der Waals surface area (Å²) in [5.41, 5.74) is 3.04. The summed E-state index contributed by atoms with van der Waals surface area (Å²) in [4.78, 5) is 42.6. The lowest BCUT2D eigenvalue weighted by atomic mass is 10.1. The van der Waals surface area contributed by atoms with Crippen LogP contribution >= 0.6 is 11.3 Å². The van der Waals surface area contributed by atoms with Gasteiger partial charge in [0.15, 0.2) is 0 Å². The Bertz CT molecular complexity index is 1160. The fourth-order valence-electron chi connectivity index (χ4n) is 2.91. The fourth-order valence-corrected chi connectivity index (χ4v) is 3.93. The molecule has 0 aliphatic carbocycles. The van der Waals surface area contributed by atoms with Gasteiger partial charge in [-0.05, 0) is 63.4 Å². The van der Waals surface area contributed by atoms with E-state index in [1.54, 1.807) is 20.8 Å². The second-order valence-electron chi connectivity index (χ2n) is 7.22. The van der Waals surface area contributed by atoms with Crippen molar-refractivity contribution in [3.63, 3.8) is 0 Å². The Morgan fingerprint density at radius 3 is 2.59 bits per heavy atom. The van der Waals surface area contributed by atoms with Crippen molar-refractivity contribution in [2.75, 3.05) is 5.32 Å². The van der Waals surface area contributed by atoms with Crippen molar-refractivity contribution < 1.29 is 14.3 Å². The van der Waals surface area contributed by atoms with E-state index in [1.807, 2.05) is 32.0 Å². The number of esters is 1. The molecule has 1 aromatic carbocycles.